The van der Waals surface area contributed by atoms with E-state index in [4.69, 9.17) is 0 Å². The zero-order chi connectivity index (χ0) is 22.8. The van der Waals surface area contributed by atoms with E-state index >= 15 is 0 Å². The van der Waals surface area contributed by atoms with Gasteiger partial charge in [-0.2, -0.15) is 0 Å². The Kier molecular flexibility index (Phi) is 6.63. The fourth-order valence-electron chi connectivity index (χ4n) is 3.16. The monoisotopic (exact) mass is 465 g/mol. The highest BCUT2D eigenvalue weighted by Crippen LogP contribution is 2.29. The van der Waals surface area contributed by atoms with Crippen molar-refractivity contribution in [3.05, 3.63) is 72.1 Å². The number of benzene rings is 2. The lowest BCUT2D eigenvalue weighted by Gasteiger charge is -2.16. The van der Waals surface area contributed by atoms with Gasteiger partial charge >= 0.3 is 0 Å². The van der Waals surface area contributed by atoms with E-state index < -0.39 is 25.7 Å². The van der Waals surface area contributed by atoms with E-state index in [2.05, 4.69) is 9.71 Å². The summed E-state index contributed by atoms with van der Waals surface area (Å²) in [5.74, 6) is 0.0502. The average Bonchev–Trinajstić information content (AvgIpc) is 3.12. The van der Waals surface area contributed by atoms with Crippen molar-refractivity contribution >= 4 is 19.9 Å². The van der Waals surface area contributed by atoms with Crippen molar-refractivity contribution < 1.29 is 21.2 Å². The van der Waals surface area contributed by atoms with Crippen LogP contribution in [-0.2, 0) is 26.4 Å². The molecule has 1 N–H and O–H groups in total. The Balaban J connectivity index is 1.96. The van der Waals surface area contributed by atoms with Crippen LogP contribution in [0.15, 0.2) is 69.5 Å². The lowest BCUT2D eigenvalue weighted by Crippen LogP contribution is -2.28. The first-order valence-corrected chi connectivity index (χ1v) is 12.6. The lowest BCUT2D eigenvalue weighted by atomic mass is 10.0. The minimum Gasteiger partial charge on any atom is -0.334 e. The largest absolute Gasteiger partial charge is 0.334 e. The maximum Gasteiger partial charge on any atom is 0.240 e. The molecule has 10 heteroatoms. The van der Waals surface area contributed by atoms with Crippen molar-refractivity contribution in [2.45, 2.75) is 47.9 Å². The summed E-state index contributed by atoms with van der Waals surface area (Å²) in [6, 6.07) is 8.46. The Morgan fingerprint density at radius 2 is 1.68 bits per heavy atom. The molecule has 2 aromatic carbocycles. The standard InChI is InChI=1S/C21H24FN3O4S2/c1-15(2)20-9-8-19(30(26,27)18-6-4-17(22)5-7-18)14-21(20)31(28,29)24-11-13-25-12-10-23-16(25)3/h4-10,12,14-15,24H,11,13H2,1-3H3. The maximum absolute atomic E-state index is 13.2. The van der Waals surface area contributed by atoms with Crippen LogP contribution < -0.4 is 4.72 Å². The second-order valence-corrected chi connectivity index (χ2v) is 11.1. The van der Waals surface area contributed by atoms with Crippen LogP contribution in [0.2, 0.25) is 0 Å². The van der Waals surface area contributed by atoms with Crippen LogP contribution in [0, 0.1) is 12.7 Å². The topological polar surface area (TPSA) is 98.1 Å². The summed E-state index contributed by atoms with van der Waals surface area (Å²) in [7, 11) is -8.00. The first-order chi connectivity index (χ1) is 14.5. The Labute approximate surface area is 181 Å². The van der Waals surface area contributed by atoms with Gasteiger partial charge in [0.15, 0.2) is 0 Å². The molecule has 1 heterocycles. The fourth-order valence-corrected chi connectivity index (χ4v) is 5.93. The van der Waals surface area contributed by atoms with Gasteiger partial charge in [-0.15, -0.1) is 0 Å². The number of hydrogen-bond donors (Lipinski definition) is 1. The third-order valence-electron chi connectivity index (χ3n) is 4.90. The van der Waals surface area contributed by atoms with Gasteiger partial charge in [0.2, 0.25) is 19.9 Å². The van der Waals surface area contributed by atoms with E-state index in [1.165, 1.54) is 18.2 Å². The Morgan fingerprint density at radius 1 is 1.03 bits per heavy atom. The van der Waals surface area contributed by atoms with Crippen LogP contribution in [0.3, 0.4) is 0 Å². The number of nitrogens with zero attached hydrogens (tertiary/aromatic N) is 2. The number of aryl methyl sites for hydroxylation is 1. The molecule has 0 spiro atoms. The number of sulfonamides is 1. The van der Waals surface area contributed by atoms with E-state index in [-0.39, 0.29) is 27.1 Å². The van der Waals surface area contributed by atoms with Crippen LogP contribution in [0.4, 0.5) is 4.39 Å². The van der Waals surface area contributed by atoms with Crippen molar-refractivity contribution in [2.24, 2.45) is 0 Å². The lowest BCUT2D eigenvalue weighted by molar-refractivity contribution is 0.568. The minimum atomic E-state index is -4.01. The Morgan fingerprint density at radius 3 is 2.26 bits per heavy atom. The second kappa shape index (κ2) is 8.89. The van der Waals surface area contributed by atoms with E-state index in [0.29, 0.717) is 12.1 Å². The molecule has 3 aromatic rings. The average molecular weight is 466 g/mol. The van der Waals surface area contributed by atoms with E-state index in [9.17, 15) is 21.2 Å². The van der Waals surface area contributed by atoms with Gasteiger partial charge < -0.3 is 4.57 Å². The zero-order valence-corrected chi connectivity index (χ0v) is 19.0. The smallest absolute Gasteiger partial charge is 0.240 e. The molecular weight excluding hydrogens is 441 g/mol. The summed E-state index contributed by atoms with van der Waals surface area (Å²) < 4.78 is 69.6. The highest BCUT2D eigenvalue weighted by Gasteiger charge is 2.25. The molecule has 0 unspecified atom stereocenters. The van der Waals surface area contributed by atoms with Crippen LogP contribution in [-0.4, -0.2) is 32.9 Å². The number of sulfone groups is 1. The van der Waals surface area contributed by atoms with Crippen LogP contribution in [0.25, 0.3) is 0 Å². The predicted octanol–water partition coefficient (Wildman–Crippen LogP) is 3.27. The predicted molar refractivity (Wildman–Crippen MR) is 115 cm³/mol. The molecule has 0 aliphatic carbocycles. The van der Waals surface area contributed by atoms with Crippen molar-refractivity contribution in [2.75, 3.05) is 6.54 Å². The summed E-state index contributed by atoms with van der Waals surface area (Å²) in [4.78, 5) is 3.72. The van der Waals surface area contributed by atoms with E-state index in [1.54, 1.807) is 17.0 Å². The Hall–Kier alpha value is -2.56. The van der Waals surface area contributed by atoms with Gasteiger partial charge in [0, 0.05) is 25.5 Å². The second-order valence-electron chi connectivity index (χ2n) is 7.38. The van der Waals surface area contributed by atoms with Crippen LogP contribution in [0.1, 0.15) is 31.2 Å². The molecule has 3 rings (SSSR count). The van der Waals surface area contributed by atoms with Gasteiger partial charge in [0.1, 0.15) is 11.6 Å². The third kappa shape index (κ3) is 5.03. The number of aromatic nitrogens is 2. The molecule has 0 atom stereocenters. The van der Waals surface area contributed by atoms with Crippen molar-refractivity contribution in [3.63, 3.8) is 0 Å². The quantitative estimate of drug-likeness (QED) is 0.515. The van der Waals surface area contributed by atoms with Gasteiger partial charge in [-0.1, -0.05) is 19.9 Å². The first-order valence-electron chi connectivity index (χ1n) is 9.64. The molecule has 0 saturated carbocycles. The zero-order valence-electron chi connectivity index (χ0n) is 17.4. The molecule has 0 radical (unpaired) electrons. The summed E-state index contributed by atoms with van der Waals surface area (Å²) >= 11 is 0. The molecule has 0 bridgehead atoms. The molecular formula is C21H24FN3O4S2. The first kappa shape index (κ1) is 23.1. The highest BCUT2D eigenvalue weighted by molar-refractivity contribution is 7.91. The molecule has 0 amide bonds. The highest BCUT2D eigenvalue weighted by atomic mass is 32.2. The SMILES string of the molecule is Cc1nccn1CCNS(=O)(=O)c1cc(S(=O)(=O)c2ccc(F)cc2)ccc1C(C)C. The molecule has 1 aromatic heterocycles. The summed E-state index contributed by atoms with van der Waals surface area (Å²) in [6.45, 7) is 5.98. The van der Waals surface area contributed by atoms with Crippen molar-refractivity contribution in [1.82, 2.24) is 14.3 Å². The third-order valence-corrected chi connectivity index (χ3v) is 8.18. The Bertz CT molecular complexity index is 1280. The number of nitrogens with one attached hydrogen (secondary N) is 1. The number of halogens is 1. The van der Waals surface area contributed by atoms with Crippen LogP contribution in [0.5, 0.6) is 0 Å². The number of hydrogen-bond acceptors (Lipinski definition) is 5. The van der Waals surface area contributed by atoms with Gasteiger partial charge in [0.25, 0.3) is 0 Å². The van der Waals surface area contributed by atoms with Gasteiger partial charge in [-0.05, 0) is 54.8 Å². The maximum atomic E-state index is 13.2. The molecule has 31 heavy (non-hydrogen) atoms. The molecule has 0 aliphatic rings. The molecule has 166 valence electrons. The summed E-state index contributed by atoms with van der Waals surface area (Å²) in [5.41, 5.74) is 0.504. The van der Waals surface area contributed by atoms with Gasteiger partial charge in [0.05, 0.1) is 14.7 Å². The molecule has 7 nitrogen and oxygen atoms in total. The van der Waals surface area contributed by atoms with Crippen molar-refractivity contribution in [1.29, 1.82) is 0 Å². The molecule has 0 fully saturated rings. The van der Waals surface area contributed by atoms with Gasteiger partial charge in [-0.25, -0.2) is 30.9 Å². The normalized spacial score (nSPS) is 12.4. The summed E-state index contributed by atoms with van der Waals surface area (Å²) in [5, 5.41) is 0. The van der Waals surface area contributed by atoms with Crippen molar-refractivity contribution in [3.8, 4) is 0 Å². The van der Waals surface area contributed by atoms with E-state index in [1.807, 2.05) is 20.8 Å². The summed E-state index contributed by atoms with van der Waals surface area (Å²) in [6.07, 6.45) is 3.38. The molecule has 0 aliphatic heterocycles. The molecule has 0 saturated heterocycles. The minimum absolute atomic E-state index is 0.0898. The fraction of sp³-hybridized carbons (Fsp3) is 0.286. The van der Waals surface area contributed by atoms with Crippen LogP contribution >= 0.6 is 0 Å². The van der Waals surface area contributed by atoms with E-state index in [0.717, 1.165) is 30.1 Å². The van der Waals surface area contributed by atoms with Gasteiger partial charge in [-0.3, -0.25) is 0 Å². The number of rotatable bonds is 8. The number of imidazole rings is 1.